The molecule has 12 nitrogen and oxygen atoms in total. The first kappa shape index (κ1) is 73.9. The van der Waals surface area contributed by atoms with Gasteiger partial charge in [-0.3, -0.25) is 19.9 Å². The molecule has 0 atom stereocenters. The van der Waals surface area contributed by atoms with Crippen LogP contribution in [0.15, 0.2) is 219 Å². The van der Waals surface area contributed by atoms with Gasteiger partial charge in [-0.2, -0.15) is 10.3 Å². The number of nitrogens with zero attached hydrogens (tertiary/aromatic N) is 8. The van der Waals surface area contributed by atoms with Crippen molar-refractivity contribution in [3.8, 4) is 46.5 Å². The Hall–Kier alpha value is -10.2. The zero-order chi connectivity index (χ0) is 68.4. The minimum Gasteiger partial charge on any atom is -0.753 e. The second kappa shape index (κ2) is 33.1. The number of aromatic carboxylic acids is 2. The van der Waals surface area contributed by atoms with Crippen molar-refractivity contribution in [2.45, 2.75) is 105 Å². The summed E-state index contributed by atoms with van der Waals surface area (Å²) in [7, 11) is 0. The van der Waals surface area contributed by atoms with Crippen LogP contribution in [0.4, 0.5) is 34.1 Å². The Kier molecular flexibility index (Phi) is 25.7. The molecule has 0 aliphatic heterocycles. The predicted molar refractivity (Wildman–Crippen MR) is 390 cm³/mol. The van der Waals surface area contributed by atoms with E-state index in [0.717, 1.165) is 67.8 Å². The molecule has 2 N–H and O–H groups in total. The van der Waals surface area contributed by atoms with Crippen LogP contribution in [0, 0.1) is 23.7 Å². The van der Waals surface area contributed by atoms with Gasteiger partial charge in [0.2, 0.25) is 0 Å². The van der Waals surface area contributed by atoms with Crippen LogP contribution >= 0.6 is 24.4 Å². The molecule has 0 aliphatic rings. The van der Waals surface area contributed by atoms with Crippen molar-refractivity contribution in [2.75, 3.05) is 9.80 Å². The van der Waals surface area contributed by atoms with E-state index < -0.39 is 11.9 Å². The molecule has 0 unspecified atom stereocenters. The largest absolute Gasteiger partial charge is 2.00 e. The molecule has 4 heterocycles. The Morgan fingerprint density at radius 3 is 0.758 bits per heavy atom. The normalized spacial score (nSPS) is 10.7. The van der Waals surface area contributed by atoms with Crippen molar-refractivity contribution >= 4 is 80.8 Å². The van der Waals surface area contributed by atoms with E-state index in [4.69, 9.17) is 21.0 Å². The summed E-state index contributed by atoms with van der Waals surface area (Å²) in [6.45, 7) is 27.0. The minimum atomic E-state index is -1.08. The molecule has 6 aromatic carbocycles. The summed E-state index contributed by atoms with van der Waals surface area (Å²) < 4.78 is 0. The Balaban J connectivity index is 0.000000481. The van der Waals surface area contributed by atoms with Gasteiger partial charge in [0, 0.05) is 81.2 Å². The van der Waals surface area contributed by atoms with Crippen LogP contribution in [-0.2, 0) is 41.1 Å². The van der Waals surface area contributed by atoms with E-state index in [1.807, 2.05) is 24.3 Å². The zero-order valence-electron chi connectivity index (χ0n) is 55.2. The fourth-order valence-corrected chi connectivity index (χ4v) is 9.72. The van der Waals surface area contributed by atoms with Crippen LogP contribution in [0.5, 0.6) is 0 Å². The molecule has 4 aromatic heterocycles. The van der Waals surface area contributed by atoms with Crippen molar-refractivity contribution in [1.29, 1.82) is 0 Å². The van der Waals surface area contributed by atoms with Crippen LogP contribution in [-0.4, -0.2) is 52.4 Å². The number of carboxylic acid groups (broad SMARTS) is 2. The van der Waals surface area contributed by atoms with E-state index >= 15 is 0 Å². The third kappa shape index (κ3) is 20.9. The summed E-state index contributed by atoms with van der Waals surface area (Å²) in [6, 6.07) is 65.9. The maximum atomic E-state index is 10.8. The monoisotopic (exact) mass is 1380 g/mol. The maximum absolute atomic E-state index is 10.8. The maximum Gasteiger partial charge on any atom is 2.00 e. The predicted octanol–water partition coefficient (Wildman–Crippen LogP) is 19.9. The Labute approximate surface area is 582 Å². The fraction of sp³-hybridized carbons (Fsp3) is 0.200. The van der Waals surface area contributed by atoms with E-state index in [2.05, 4.69) is 307 Å². The summed E-state index contributed by atoms with van der Waals surface area (Å²) in [4.78, 5) is 43.5. The van der Waals surface area contributed by atoms with Gasteiger partial charge in [-0.1, -0.05) is 180 Å². The molecule has 0 amide bonds. The van der Waals surface area contributed by atoms with Gasteiger partial charge in [-0.05, 0) is 190 Å². The summed E-state index contributed by atoms with van der Waals surface area (Å²) in [5, 5.41) is 34.6. The number of thiocarbonyl (C=S) groups is 2. The molecule has 0 radical (unpaired) electrons. The van der Waals surface area contributed by atoms with Crippen LogP contribution in [0.25, 0.3) is 33.6 Å². The van der Waals surface area contributed by atoms with E-state index in [1.54, 1.807) is 12.4 Å². The van der Waals surface area contributed by atoms with Crippen molar-refractivity contribution < 1.29 is 39.3 Å². The Morgan fingerprint density at radius 1 is 0.337 bits per heavy atom. The van der Waals surface area contributed by atoms with Crippen LogP contribution in [0.1, 0.15) is 148 Å². The standard InChI is InChI=1S/C66H66N4.C12H8N2O4.2CNS.Ru/c1-63(2,3)51-21-33-57(34-22-51)69(58-35-23-52(24-36-58)64(4,5)6)55-29-17-47(18-30-55)13-15-49-41-43-67-61(45-49)62-46-50(42-44-68-62)16-14-48-19-31-56(32-20-48)70(59-37-25-53(26-38-59)65(7,8)9)60-39-27-54(28-40-60)66(10,11)12;15-11(16)7-1-3-13-9(5-7)10-6-8(12(17)18)2-4-14-10;2*2-1-3;/h17-46H,1-12H3;1-6H,(H,15,16)(H,17,18);;;/q;;2*-1;+2. The van der Waals surface area contributed by atoms with Crippen molar-refractivity contribution in [3.63, 3.8) is 0 Å². The average molecular weight is 1380 g/mol. The number of aromatic nitrogens is 4. The third-order valence-electron chi connectivity index (χ3n) is 15.0. The molecule has 0 spiro atoms. The molecule has 15 heteroatoms. The number of anilines is 6. The summed E-state index contributed by atoms with van der Waals surface area (Å²) >= 11 is 7.40. The number of carboxylic acids is 2. The second-order valence-electron chi connectivity index (χ2n) is 26.0. The SMILES string of the molecule is CC(C)(C)c1ccc(N(c2ccc(C#Cc3ccnc(-c4cc(C#Cc5ccc(N(c6ccc(C(C)(C)C)cc6)c6ccc(C(C)(C)C)cc6)cc5)ccn4)c3)cc2)c2ccc(C(C)(C)C)cc2)cc1.O=C(O)c1ccnc(-c2cc(C(=O)O)ccn2)c1.[N-]=C=S.[N-]=C=S.[Ru+2]. The number of benzene rings is 6. The van der Waals surface area contributed by atoms with Crippen LogP contribution in [0.3, 0.4) is 0 Å². The Bertz CT molecular complexity index is 4060. The minimum absolute atomic E-state index is 0. The van der Waals surface area contributed by atoms with Gasteiger partial charge >= 0.3 is 31.4 Å². The molecule has 95 heavy (non-hydrogen) atoms. The molecule has 478 valence electrons. The van der Waals surface area contributed by atoms with Gasteiger partial charge in [0.15, 0.2) is 0 Å². The number of pyridine rings is 4. The van der Waals surface area contributed by atoms with Gasteiger partial charge in [0.05, 0.1) is 33.9 Å². The zero-order valence-corrected chi connectivity index (χ0v) is 58.6. The molecule has 10 rings (SSSR count). The number of rotatable bonds is 10. The van der Waals surface area contributed by atoms with Gasteiger partial charge in [-0.15, -0.1) is 0 Å². The van der Waals surface area contributed by atoms with Crippen molar-refractivity contribution in [1.82, 2.24) is 19.9 Å². The quantitative estimate of drug-likeness (QED) is 0.0574. The summed E-state index contributed by atoms with van der Waals surface area (Å²) in [6.07, 6.45) is 6.26. The van der Waals surface area contributed by atoms with Crippen LogP contribution in [0.2, 0.25) is 0 Å². The first-order valence-corrected chi connectivity index (χ1v) is 31.0. The smallest absolute Gasteiger partial charge is 0.753 e. The van der Waals surface area contributed by atoms with Crippen LogP contribution < -0.4 is 9.80 Å². The molecule has 10 aromatic rings. The number of hydrogen-bond donors (Lipinski definition) is 2. The molecular weight excluding hydrogens is 1300 g/mol. The molecular formula is C80H74N8O4RuS2. The number of hydrogen-bond acceptors (Lipinski definition) is 10. The molecule has 0 fully saturated rings. The van der Waals surface area contributed by atoms with Gasteiger partial charge in [0.25, 0.3) is 0 Å². The second-order valence-corrected chi connectivity index (χ2v) is 26.3. The third-order valence-corrected chi connectivity index (χ3v) is 15.0. The van der Waals surface area contributed by atoms with Gasteiger partial charge in [0.1, 0.15) is 0 Å². The first-order chi connectivity index (χ1) is 44.6. The van der Waals surface area contributed by atoms with Crippen molar-refractivity contribution in [3.05, 3.63) is 285 Å². The molecule has 0 bridgehead atoms. The molecule has 0 saturated heterocycles. The van der Waals surface area contributed by atoms with E-state index in [9.17, 15) is 9.59 Å². The Morgan fingerprint density at radius 2 is 0.537 bits per heavy atom. The summed E-state index contributed by atoms with van der Waals surface area (Å²) in [5.41, 5.74) is 17.9. The van der Waals surface area contributed by atoms with E-state index in [0.29, 0.717) is 11.4 Å². The average Bonchev–Trinajstić information content (AvgIpc) is 0.811. The first-order valence-electron chi connectivity index (χ1n) is 30.2. The van der Waals surface area contributed by atoms with Crippen molar-refractivity contribution in [2.24, 2.45) is 0 Å². The topological polar surface area (TPSA) is 177 Å². The van der Waals surface area contributed by atoms with Gasteiger partial charge < -0.3 is 30.8 Å². The van der Waals surface area contributed by atoms with E-state index in [1.165, 1.54) is 69.2 Å². The fourth-order valence-electron chi connectivity index (χ4n) is 9.72. The molecule has 0 saturated carbocycles. The number of isothiocyanates is 2. The summed E-state index contributed by atoms with van der Waals surface area (Å²) in [5.74, 6) is 11.4. The number of carbonyl (C=O) groups is 2. The van der Waals surface area contributed by atoms with E-state index in [-0.39, 0.29) is 52.3 Å². The van der Waals surface area contributed by atoms with Gasteiger partial charge in [-0.25, -0.2) is 9.59 Å². The molecule has 0 aliphatic carbocycles.